The van der Waals surface area contributed by atoms with Crippen LogP contribution in [-0.4, -0.2) is 49.8 Å². The number of halogens is 4. The van der Waals surface area contributed by atoms with E-state index in [0.717, 1.165) is 29.0 Å². The van der Waals surface area contributed by atoms with Crippen molar-refractivity contribution < 1.29 is 37.4 Å². The molecule has 2 aromatic heterocycles. The zero-order valence-corrected chi connectivity index (χ0v) is 19.9. The van der Waals surface area contributed by atoms with Gasteiger partial charge in [0.15, 0.2) is 0 Å². The number of primary amides is 1. The van der Waals surface area contributed by atoms with Crippen LogP contribution < -0.4 is 11.1 Å². The summed E-state index contributed by atoms with van der Waals surface area (Å²) in [7, 11) is 1.47. The summed E-state index contributed by atoms with van der Waals surface area (Å²) in [5.74, 6) is -1.89. The molecule has 1 atom stereocenters. The first-order valence-corrected chi connectivity index (χ1v) is 10.9. The quantitative estimate of drug-likeness (QED) is 0.220. The normalized spacial score (nSPS) is 12.8. The fourth-order valence-corrected chi connectivity index (χ4v) is 3.72. The average molecular weight is 533 g/mol. The number of rotatable bonds is 6. The Hall–Kier alpha value is -4.65. The second-order valence-electron chi connectivity index (χ2n) is 7.99. The molecule has 5 N–H and O–H groups in total. The van der Waals surface area contributed by atoms with Gasteiger partial charge in [-0.15, -0.1) is 6.58 Å². The third-order valence-electron chi connectivity index (χ3n) is 5.57. The molecule has 200 valence electrons. The number of aromatic nitrogens is 3. The molecule has 0 saturated heterocycles. The molecule has 4 aromatic rings. The molecule has 2 aromatic carbocycles. The lowest BCUT2D eigenvalue weighted by Gasteiger charge is -2.30. The maximum atomic E-state index is 14.2. The number of carbonyl (C=O) groups excluding carboxylic acids is 1. The topological polar surface area (TPSA) is 135 Å². The fourth-order valence-electron chi connectivity index (χ4n) is 3.72. The predicted octanol–water partition coefficient (Wildman–Crippen LogP) is 3.93. The Bertz CT molecular complexity index is 1480. The van der Waals surface area contributed by atoms with Gasteiger partial charge in [-0.25, -0.2) is 18.7 Å². The molecule has 2 amide bonds. The molecule has 9 nitrogen and oxygen atoms in total. The molecule has 0 aliphatic heterocycles. The van der Waals surface area contributed by atoms with Crippen molar-refractivity contribution in [1.29, 1.82) is 0 Å². The lowest BCUT2D eigenvalue weighted by molar-refractivity contribution is -0.248. The van der Waals surface area contributed by atoms with Crippen LogP contribution in [0.5, 0.6) is 0 Å². The third kappa shape index (κ3) is 5.37. The van der Waals surface area contributed by atoms with Crippen molar-refractivity contribution >= 4 is 22.9 Å². The number of nitrogens with one attached hydrogen (secondary N) is 1. The Labute approximate surface area is 213 Å². The second-order valence-corrected chi connectivity index (χ2v) is 7.99. The first kappa shape index (κ1) is 27.9. The summed E-state index contributed by atoms with van der Waals surface area (Å²) in [5.41, 5.74) is 0.435. The Morgan fingerprint density at radius 3 is 2.29 bits per heavy atom. The van der Waals surface area contributed by atoms with Gasteiger partial charge in [0.25, 0.3) is 0 Å². The van der Waals surface area contributed by atoms with E-state index in [-0.39, 0.29) is 6.54 Å². The summed E-state index contributed by atoms with van der Waals surface area (Å²) >= 11 is 0. The number of urea groups is 1. The number of aromatic carboxylic acids is 1. The average Bonchev–Trinajstić information content (AvgIpc) is 3.48. The summed E-state index contributed by atoms with van der Waals surface area (Å²) in [4.78, 5) is 21.0. The predicted molar refractivity (Wildman–Crippen MR) is 130 cm³/mol. The number of nitrogens with two attached hydrogens (primary N) is 1. The molecule has 1 unspecified atom stereocenters. The molecule has 0 fully saturated rings. The van der Waals surface area contributed by atoms with Gasteiger partial charge in [-0.1, -0.05) is 12.1 Å². The Balaban J connectivity index is 0.000000732. The van der Waals surface area contributed by atoms with E-state index in [1.54, 1.807) is 0 Å². The van der Waals surface area contributed by atoms with Crippen LogP contribution in [0.1, 0.15) is 21.6 Å². The number of nitrogens with zero attached hydrogens (tertiary/aromatic N) is 3. The van der Waals surface area contributed by atoms with Gasteiger partial charge in [0.2, 0.25) is 5.60 Å². The molecule has 0 aliphatic rings. The van der Waals surface area contributed by atoms with Crippen LogP contribution in [0.4, 0.5) is 22.4 Å². The molecule has 13 heteroatoms. The highest BCUT2D eigenvalue weighted by Gasteiger charge is 2.57. The number of aliphatic hydroxyl groups is 1. The van der Waals surface area contributed by atoms with Crippen LogP contribution in [0.15, 0.2) is 73.6 Å². The van der Waals surface area contributed by atoms with Gasteiger partial charge in [0.1, 0.15) is 11.5 Å². The first-order valence-electron chi connectivity index (χ1n) is 10.9. The van der Waals surface area contributed by atoms with E-state index < -0.39 is 46.4 Å². The number of fused-ring (bicyclic) bond motifs is 1. The standard InChI is InChI=1S/C23H17F4N3O3.C2H6N2O/c1-2-9-29-13-16(11-20(29)21(31)32)22(33,23(25,26)27)15-3-8-19-14(10-15)12-28-30(19)18-6-4-17(24)5-7-18;1-4-2(3)5/h2-8,10-13,33H,1,9H2,(H,31,32);1H3,(H3,3,4,5). The summed E-state index contributed by atoms with van der Waals surface area (Å²) in [6.45, 7) is 3.42. The number of alkyl halides is 3. The van der Waals surface area contributed by atoms with Gasteiger partial charge in [0, 0.05) is 30.7 Å². The van der Waals surface area contributed by atoms with Crippen molar-refractivity contribution in [3.05, 3.63) is 96.2 Å². The lowest BCUT2D eigenvalue weighted by atomic mass is 9.86. The molecule has 0 spiro atoms. The molecule has 0 saturated carbocycles. The largest absolute Gasteiger partial charge is 0.477 e. The molecule has 0 aliphatic carbocycles. The third-order valence-corrected chi connectivity index (χ3v) is 5.57. The minimum absolute atomic E-state index is 0.0565. The number of carboxylic acid groups (broad SMARTS) is 1. The molecule has 2 heterocycles. The van der Waals surface area contributed by atoms with E-state index in [1.807, 2.05) is 0 Å². The van der Waals surface area contributed by atoms with Gasteiger partial charge >= 0.3 is 18.2 Å². The van der Waals surface area contributed by atoms with Crippen molar-refractivity contribution in [2.45, 2.75) is 18.3 Å². The summed E-state index contributed by atoms with van der Waals surface area (Å²) in [6.07, 6.45) is -1.56. The van der Waals surface area contributed by atoms with Crippen LogP contribution >= 0.6 is 0 Å². The first-order chi connectivity index (χ1) is 17.8. The SMILES string of the molecule is C=CCn1cc(C(O)(c2ccc3c(cnn3-c3ccc(F)cc3)c2)C(F)(F)F)cc1C(=O)O.CNC(N)=O. The highest BCUT2D eigenvalue weighted by molar-refractivity contribution is 5.86. The van der Waals surface area contributed by atoms with Crippen molar-refractivity contribution in [3.63, 3.8) is 0 Å². The Kier molecular flexibility index (Phi) is 7.91. The van der Waals surface area contributed by atoms with Crippen LogP contribution in [0.2, 0.25) is 0 Å². The van der Waals surface area contributed by atoms with Gasteiger partial charge in [-0.3, -0.25) is 0 Å². The minimum Gasteiger partial charge on any atom is -0.477 e. The van der Waals surface area contributed by atoms with Gasteiger partial charge in [0.05, 0.1) is 17.4 Å². The molecule has 0 bridgehead atoms. The maximum Gasteiger partial charge on any atom is 0.425 e. The Morgan fingerprint density at radius 2 is 1.76 bits per heavy atom. The molecule has 38 heavy (non-hydrogen) atoms. The number of allylic oxidation sites excluding steroid dienone is 1. The molecular weight excluding hydrogens is 510 g/mol. The van der Waals surface area contributed by atoms with E-state index in [1.165, 1.54) is 54.3 Å². The highest BCUT2D eigenvalue weighted by atomic mass is 19.4. The van der Waals surface area contributed by atoms with Gasteiger partial charge < -0.3 is 25.8 Å². The monoisotopic (exact) mass is 533 g/mol. The number of hydrogen-bond acceptors (Lipinski definition) is 4. The van der Waals surface area contributed by atoms with Crippen molar-refractivity contribution in [2.75, 3.05) is 7.05 Å². The van der Waals surface area contributed by atoms with E-state index in [9.17, 15) is 37.4 Å². The lowest BCUT2D eigenvalue weighted by Crippen LogP contribution is -2.43. The zero-order valence-electron chi connectivity index (χ0n) is 19.9. The van der Waals surface area contributed by atoms with E-state index >= 15 is 0 Å². The van der Waals surface area contributed by atoms with E-state index in [0.29, 0.717) is 16.6 Å². The van der Waals surface area contributed by atoms with Crippen LogP contribution in [0.3, 0.4) is 0 Å². The van der Waals surface area contributed by atoms with E-state index in [4.69, 9.17) is 0 Å². The van der Waals surface area contributed by atoms with Crippen LogP contribution in [-0.2, 0) is 12.1 Å². The second kappa shape index (κ2) is 10.8. The van der Waals surface area contributed by atoms with Crippen molar-refractivity contribution in [2.24, 2.45) is 5.73 Å². The Morgan fingerprint density at radius 1 is 1.13 bits per heavy atom. The number of carbonyl (C=O) groups is 2. The van der Waals surface area contributed by atoms with Crippen LogP contribution in [0, 0.1) is 5.82 Å². The highest BCUT2D eigenvalue weighted by Crippen LogP contribution is 2.45. The molecule has 0 radical (unpaired) electrons. The summed E-state index contributed by atoms with van der Waals surface area (Å²) in [6, 6.07) is 9.30. The van der Waals surface area contributed by atoms with Crippen LogP contribution in [0.25, 0.3) is 16.6 Å². The minimum atomic E-state index is -5.16. The van der Waals surface area contributed by atoms with Crippen molar-refractivity contribution in [1.82, 2.24) is 19.7 Å². The number of amides is 2. The van der Waals surface area contributed by atoms with Gasteiger partial charge in [-0.05, 0) is 48.0 Å². The number of benzene rings is 2. The summed E-state index contributed by atoms with van der Waals surface area (Å²) in [5, 5.41) is 26.9. The molecular formula is C25H23F4N5O4. The zero-order chi connectivity index (χ0) is 28.3. The van der Waals surface area contributed by atoms with E-state index in [2.05, 4.69) is 22.7 Å². The number of hydrogen-bond donors (Lipinski definition) is 4. The fraction of sp³-hybridized carbons (Fsp3) is 0.160. The number of carboxylic acids is 1. The van der Waals surface area contributed by atoms with Gasteiger partial charge in [-0.2, -0.15) is 18.3 Å². The smallest absolute Gasteiger partial charge is 0.425 e. The molecule has 4 rings (SSSR count). The maximum absolute atomic E-state index is 14.2. The summed E-state index contributed by atoms with van der Waals surface area (Å²) < 4.78 is 58.4. The van der Waals surface area contributed by atoms with Crippen molar-refractivity contribution in [3.8, 4) is 5.69 Å².